The molecule has 1 heteroatoms. The molecular weight excluding hydrogens is 230 g/mol. The van der Waals surface area contributed by atoms with Crippen molar-refractivity contribution in [3.8, 4) is 0 Å². The number of benzene rings is 2. The van der Waals surface area contributed by atoms with E-state index in [2.05, 4.69) is 68.6 Å². The molecule has 0 atom stereocenters. The second kappa shape index (κ2) is 6.42. The second-order valence-electron chi connectivity index (χ2n) is 4.88. The summed E-state index contributed by atoms with van der Waals surface area (Å²) in [6.45, 7) is 6.61. The Morgan fingerprint density at radius 2 is 1.42 bits per heavy atom. The highest BCUT2D eigenvalue weighted by molar-refractivity contribution is 5.64. The lowest BCUT2D eigenvalue weighted by molar-refractivity contribution is 1.09. The van der Waals surface area contributed by atoms with Crippen molar-refractivity contribution in [1.29, 1.82) is 0 Å². The van der Waals surface area contributed by atoms with Gasteiger partial charge in [0.15, 0.2) is 0 Å². The lowest BCUT2D eigenvalue weighted by Gasteiger charge is -2.13. The highest BCUT2D eigenvalue weighted by Gasteiger charge is 2.03. The van der Waals surface area contributed by atoms with Crippen LogP contribution in [0.1, 0.15) is 37.5 Å². The number of para-hydroxylation sites is 1. The molecule has 0 aliphatic heterocycles. The first-order valence-electron chi connectivity index (χ1n) is 7.24. The summed E-state index contributed by atoms with van der Waals surface area (Å²) >= 11 is 0. The minimum Gasteiger partial charge on any atom is -0.355 e. The molecule has 2 rings (SSSR count). The molecule has 0 heterocycles. The molecule has 0 bridgehead atoms. The van der Waals surface area contributed by atoms with E-state index in [1.54, 1.807) is 0 Å². The predicted octanol–water partition coefficient (Wildman–Crippen LogP) is 5.12. The number of rotatable bonds is 5. The van der Waals surface area contributed by atoms with E-state index in [1.807, 2.05) is 0 Å². The Labute approximate surface area is 116 Å². The summed E-state index contributed by atoms with van der Waals surface area (Å²) in [5.41, 5.74) is 6.59. The van der Waals surface area contributed by atoms with E-state index in [4.69, 9.17) is 0 Å². The van der Waals surface area contributed by atoms with Crippen molar-refractivity contribution in [3.63, 3.8) is 0 Å². The second-order valence-corrected chi connectivity index (χ2v) is 4.88. The van der Waals surface area contributed by atoms with Gasteiger partial charge in [0.05, 0.1) is 0 Å². The van der Waals surface area contributed by atoms with Crippen molar-refractivity contribution in [2.75, 3.05) is 5.32 Å². The van der Waals surface area contributed by atoms with Crippen LogP contribution in [0, 0.1) is 0 Å². The van der Waals surface area contributed by atoms with Crippen LogP contribution in [0.4, 0.5) is 11.4 Å². The summed E-state index contributed by atoms with van der Waals surface area (Å²) in [7, 11) is 0. The normalized spacial score (nSPS) is 10.5. The Kier molecular flexibility index (Phi) is 4.62. The molecule has 0 spiro atoms. The third kappa shape index (κ3) is 3.37. The molecule has 0 amide bonds. The summed E-state index contributed by atoms with van der Waals surface area (Å²) in [4.78, 5) is 0. The van der Waals surface area contributed by atoms with Crippen LogP contribution in [0.5, 0.6) is 0 Å². The first-order chi connectivity index (χ1) is 9.26. The molecule has 2 aromatic rings. The van der Waals surface area contributed by atoms with Crippen molar-refractivity contribution >= 4 is 11.4 Å². The van der Waals surface area contributed by atoms with Crippen LogP contribution in [0.25, 0.3) is 0 Å². The number of hydrogen-bond acceptors (Lipinski definition) is 1. The summed E-state index contributed by atoms with van der Waals surface area (Å²) in [5, 5.41) is 3.57. The molecule has 2 aromatic carbocycles. The van der Waals surface area contributed by atoms with Crippen LogP contribution in [-0.4, -0.2) is 0 Å². The van der Waals surface area contributed by atoms with Gasteiger partial charge in [-0.3, -0.25) is 0 Å². The smallest absolute Gasteiger partial charge is 0.0416 e. The van der Waals surface area contributed by atoms with Gasteiger partial charge in [-0.2, -0.15) is 0 Å². The zero-order valence-corrected chi connectivity index (χ0v) is 12.2. The van der Waals surface area contributed by atoms with Gasteiger partial charge < -0.3 is 5.32 Å². The lowest BCUT2D eigenvalue weighted by atomic mass is 10.0. The monoisotopic (exact) mass is 253 g/mol. The Bertz CT molecular complexity index is 521. The molecule has 1 nitrogen and oxygen atoms in total. The quantitative estimate of drug-likeness (QED) is 0.780. The van der Waals surface area contributed by atoms with E-state index in [0.717, 1.165) is 19.3 Å². The first-order valence-corrected chi connectivity index (χ1v) is 7.24. The van der Waals surface area contributed by atoms with Gasteiger partial charge in [-0.05, 0) is 54.2 Å². The Morgan fingerprint density at radius 3 is 2.00 bits per heavy atom. The molecular formula is C18H23N. The third-order valence-electron chi connectivity index (χ3n) is 3.55. The third-order valence-corrected chi connectivity index (χ3v) is 3.55. The van der Waals surface area contributed by atoms with Gasteiger partial charge in [-0.25, -0.2) is 0 Å². The van der Waals surface area contributed by atoms with Crippen LogP contribution in [-0.2, 0) is 19.3 Å². The Balaban J connectivity index is 2.32. The summed E-state index contributed by atoms with van der Waals surface area (Å²) in [6, 6.07) is 15.3. The lowest BCUT2D eigenvalue weighted by Crippen LogP contribution is -1.97. The van der Waals surface area contributed by atoms with Crippen molar-refractivity contribution in [3.05, 3.63) is 59.2 Å². The number of aryl methyl sites for hydroxylation is 3. The average molecular weight is 253 g/mol. The van der Waals surface area contributed by atoms with Crippen LogP contribution in [0.3, 0.4) is 0 Å². The van der Waals surface area contributed by atoms with Crippen molar-refractivity contribution in [2.24, 2.45) is 0 Å². The average Bonchev–Trinajstić information content (AvgIpc) is 2.47. The van der Waals surface area contributed by atoms with E-state index in [-0.39, 0.29) is 0 Å². The highest BCUT2D eigenvalue weighted by atomic mass is 14.9. The van der Waals surface area contributed by atoms with Gasteiger partial charge in [0.25, 0.3) is 0 Å². The van der Waals surface area contributed by atoms with E-state index in [1.165, 1.54) is 28.1 Å². The summed E-state index contributed by atoms with van der Waals surface area (Å²) in [6.07, 6.45) is 3.22. The maximum atomic E-state index is 3.57. The fourth-order valence-corrected chi connectivity index (χ4v) is 2.35. The van der Waals surface area contributed by atoms with E-state index < -0.39 is 0 Å². The number of anilines is 2. The first kappa shape index (κ1) is 13.7. The number of nitrogens with one attached hydrogen (secondary N) is 1. The van der Waals surface area contributed by atoms with E-state index >= 15 is 0 Å². The molecule has 100 valence electrons. The minimum absolute atomic E-state index is 1.05. The molecule has 0 fully saturated rings. The molecule has 0 saturated heterocycles. The SMILES string of the molecule is CCc1cc(CC)cc(Nc2ccccc2CC)c1. The van der Waals surface area contributed by atoms with Crippen LogP contribution in [0.15, 0.2) is 42.5 Å². The van der Waals surface area contributed by atoms with Crippen molar-refractivity contribution < 1.29 is 0 Å². The van der Waals surface area contributed by atoms with Gasteiger partial charge >= 0.3 is 0 Å². The van der Waals surface area contributed by atoms with Crippen LogP contribution in [0.2, 0.25) is 0 Å². The maximum Gasteiger partial charge on any atom is 0.0416 e. The van der Waals surface area contributed by atoms with E-state index in [9.17, 15) is 0 Å². The molecule has 0 aromatic heterocycles. The van der Waals surface area contributed by atoms with E-state index in [0.29, 0.717) is 0 Å². The zero-order valence-electron chi connectivity index (χ0n) is 12.2. The van der Waals surface area contributed by atoms with Crippen molar-refractivity contribution in [1.82, 2.24) is 0 Å². The number of hydrogen-bond donors (Lipinski definition) is 1. The van der Waals surface area contributed by atoms with Gasteiger partial charge in [0.2, 0.25) is 0 Å². The molecule has 1 N–H and O–H groups in total. The Morgan fingerprint density at radius 1 is 0.789 bits per heavy atom. The molecule has 0 radical (unpaired) electrons. The molecule has 19 heavy (non-hydrogen) atoms. The molecule has 0 aliphatic rings. The fourth-order valence-electron chi connectivity index (χ4n) is 2.35. The summed E-state index contributed by atoms with van der Waals surface area (Å²) < 4.78 is 0. The maximum absolute atomic E-state index is 3.57. The van der Waals surface area contributed by atoms with Gasteiger partial charge in [0.1, 0.15) is 0 Å². The van der Waals surface area contributed by atoms with Crippen LogP contribution >= 0.6 is 0 Å². The van der Waals surface area contributed by atoms with Gasteiger partial charge in [-0.15, -0.1) is 0 Å². The molecule has 0 unspecified atom stereocenters. The van der Waals surface area contributed by atoms with Gasteiger partial charge in [-0.1, -0.05) is 45.0 Å². The summed E-state index contributed by atoms with van der Waals surface area (Å²) in [5.74, 6) is 0. The largest absolute Gasteiger partial charge is 0.355 e. The van der Waals surface area contributed by atoms with Gasteiger partial charge in [0, 0.05) is 11.4 Å². The molecule has 0 saturated carbocycles. The fraction of sp³-hybridized carbons (Fsp3) is 0.333. The standard InChI is InChI=1S/C18H23N/c1-4-14-11-15(5-2)13-17(12-14)19-18-10-8-7-9-16(18)6-3/h7-13,19H,4-6H2,1-3H3. The zero-order chi connectivity index (χ0) is 13.7. The molecule has 0 aliphatic carbocycles. The minimum atomic E-state index is 1.05. The predicted molar refractivity (Wildman–Crippen MR) is 84.3 cm³/mol. The topological polar surface area (TPSA) is 12.0 Å². The Hall–Kier alpha value is -1.76. The van der Waals surface area contributed by atoms with Crippen LogP contribution < -0.4 is 5.32 Å². The highest BCUT2D eigenvalue weighted by Crippen LogP contribution is 2.23. The van der Waals surface area contributed by atoms with Crippen molar-refractivity contribution in [2.45, 2.75) is 40.0 Å².